The van der Waals surface area contributed by atoms with Crippen LogP contribution in [0.1, 0.15) is 13.8 Å². The van der Waals surface area contributed by atoms with E-state index in [0.717, 1.165) is 0 Å². The van der Waals surface area contributed by atoms with Gasteiger partial charge >= 0.3 is 5.97 Å². The first kappa shape index (κ1) is 13.3. The molecule has 14 heavy (non-hydrogen) atoms. The summed E-state index contributed by atoms with van der Waals surface area (Å²) in [6.07, 6.45) is 0. The van der Waals surface area contributed by atoms with Gasteiger partial charge in [0.05, 0.1) is 6.61 Å². The van der Waals surface area contributed by atoms with E-state index >= 15 is 0 Å². The molecule has 0 aromatic rings. The first-order valence-corrected chi connectivity index (χ1v) is 5.70. The van der Waals surface area contributed by atoms with Gasteiger partial charge in [0.15, 0.2) is 0 Å². The number of carbonyl (C=O) groups is 1. The van der Waals surface area contributed by atoms with Crippen LogP contribution in [0.2, 0.25) is 0 Å². The third-order valence-electron chi connectivity index (χ3n) is 1.25. The monoisotopic (exact) mass is 225 g/mol. The van der Waals surface area contributed by atoms with Crippen LogP contribution in [0.3, 0.4) is 0 Å². The Balaban J connectivity index is 4.01. The fourth-order valence-corrected chi connectivity index (χ4v) is 1.24. The molecule has 0 saturated heterocycles. The van der Waals surface area contributed by atoms with Crippen LogP contribution in [0.15, 0.2) is 0 Å². The van der Waals surface area contributed by atoms with Gasteiger partial charge < -0.3 is 10.5 Å². The summed E-state index contributed by atoms with van der Waals surface area (Å²) in [4.78, 5) is 11.0. The molecule has 0 fully saturated rings. The van der Waals surface area contributed by atoms with Crippen molar-refractivity contribution in [1.82, 2.24) is 0 Å². The Labute approximate surface area is 83.2 Å². The quantitative estimate of drug-likeness (QED) is 0.478. The van der Waals surface area contributed by atoms with Crippen molar-refractivity contribution in [2.24, 2.45) is 11.7 Å². The zero-order valence-corrected chi connectivity index (χ0v) is 8.95. The normalized spacial score (nSPS) is 14.1. The fraction of sp³-hybridized carbons (Fsp3) is 0.857. The van der Waals surface area contributed by atoms with Crippen molar-refractivity contribution in [1.29, 1.82) is 0 Å². The van der Waals surface area contributed by atoms with Gasteiger partial charge in [-0.05, 0) is 5.92 Å². The third-order valence-corrected chi connectivity index (χ3v) is 2.03. The number of nitrogens with two attached hydrogens (primary N) is 1. The van der Waals surface area contributed by atoms with E-state index in [4.69, 9.17) is 10.3 Å². The number of hydrogen-bond acceptors (Lipinski definition) is 5. The van der Waals surface area contributed by atoms with Gasteiger partial charge in [-0.25, -0.2) is 0 Å². The lowest BCUT2D eigenvalue weighted by Crippen LogP contribution is -2.39. The highest BCUT2D eigenvalue weighted by atomic mass is 32.2. The van der Waals surface area contributed by atoms with Gasteiger partial charge in [-0.1, -0.05) is 13.8 Å². The van der Waals surface area contributed by atoms with Crippen molar-refractivity contribution in [2.45, 2.75) is 19.9 Å². The molecule has 0 unspecified atom stereocenters. The highest BCUT2D eigenvalue weighted by Gasteiger charge is 2.21. The highest BCUT2D eigenvalue weighted by molar-refractivity contribution is 7.85. The van der Waals surface area contributed by atoms with Crippen LogP contribution in [0.5, 0.6) is 0 Å². The molecule has 0 amide bonds. The molecule has 0 aromatic carbocycles. The second-order valence-electron chi connectivity index (χ2n) is 3.38. The number of carbonyl (C=O) groups excluding carboxylic acids is 1. The van der Waals surface area contributed by atoms with Gasteiger partial charge in [-0.2, -0.15) is 8.42 Å². The Kier molecular flexibility index (Phi) is 5.03. The minimum Gasteiger partial charge on any atom is -0.464 e. The molecule has 0 spiro atoms. The first-order chi connectivity index (χ1) is 6.22. The summed E-state index contributed by atoms with van der Waals surface area (Å²) in [5.74, 6) is -1.49. The predicted molar refractivity (Wildman–Crippen MR) is 50.2 cm³/mol. The molecule has 0 bridgehead atoms. The smallest absolute Gasteiger partial charge is 0.324 e. The van der Waals surface area contributed by atoms with Crippen LogP contribution in [0.4, 0.5) is 0 Å². The van der Waals surface area contributed by atoms with Gasteiger partial charge in [0.2, 0.25) is 0 Å². The molecule has 3 N–H and O–H groups in total. The van der Waals surface area contributed by atoms with Crippen molar-refractivity contribution >= 4 is 16.1 Å². The molecule has 0 aromatic heterocycles. The molecule has 0 saturated carbocycles. The maximum absolute atomic E-state index is 11.0. The summed E-state index contributed by atoms with van der Waals surface area (Å²) in [5.41, 5.74) is 5.18. The van der Waals surface area contributed by atoms with E-state index in [9.17, 15) is 13.2 Å². The highest BCUT2D eigenvalue weighted by Crippen LogP contribution is 1.96. The van der Waals surface area contributed by atoms with Crippen LogP contribution < -0.4 is 5.73 Å². The lowest BCUT2D eigenvalue weighted by molar-refractivity contribution is -0.145. The van der Waals surface area contributed by atoms with Crippen molar-refractivity contribution in [3.05, 3.63) is 0 Å². The minimum absolute atomic E-state index is 0.150. The molecular weight excluding hydrogens is 210 g/mol. The summed E-state index contributed by atoms with van der Waals surface area (Å²) in [6, 6.07) is -1.33. The number of rotatable bonds is 5. The number of hydrogen-bond donors (Lipinski definition) is 2. The molecule has 0 radical (unpaired) electrons. The third kappa shape index (κ3) is 6.81. The summed E-state index contributed by atoms with van der Waals surface area (Å²) in [5, 5.41) is 0. The van der Waals surface area contributed by atoms with Crippen LogP contribution in [-0.2, 0) is 19.6 Å². The second kappa shape index (κ2) is 5.28. The molecule has 7 heteroatoms. The van der Waals surface area contributed by atoms with E-state index in [2.05, 4.69) is 4.74 Å². The molecule has 0 aliphatic carbocycles. The molecule has 84 valence electrons. The van der Waals surface area contributed by atoms with Crippen molar-refractivity contribution in [3.63, 3.8) is 0 Å². The van der Waals surface area contributed by atoms with Gasteiger partial charge in [0.1, 0.15) is 11.8 Å². The Hall–Kier alpha value is -0.660. The standard InChI is InChI=1S/C7H15NO5S/c1-5(2)3-13-7(9)6(8)4-14(10,11)12/h5-6H,3-4,8H2,1-2H3,(H,10,11,12)/t6-/m0/s1. The molecule has 1 atom stereocenters. The summed E-state index contributed by atoms with van der Waals surface area (Å²) in [7, 11) is -4.23. The maximum atomic E-state index is 11.0. The van der Waals surface area contributed by atoms with Gasteiger partial charge in [0.25, 0.3) is 10.1 Å². The molecule has 0 aliphatic heterocycles. The van der Waals surface area contributed by atoms with Gasteiger partial charge in [-0.15, -0.1) is 0 Å². The predicted octanol–water partition coefficient (Wildman–Crippen LogP) is -0.599. The van der Waals surface area contributed by atoms with E-state index in [0.29, 0.717) is 0 Å². The largest absolute Gasteiger partial charge is 0.464 e. The molecule has 6 nitrogen and oxygen atoms in total. The summed E-state index contributed by atoms with van der Waals surface area (Å²) < 4.78 is 33.8. The van der Waals surface area contributed by atoms with E-state index < -0.39 is 27.9 Å². The maximum Gasteiger partial charge on any atom is 0.324 e. The van der Waals surface area contributed by atoms with Crippen LogP contribution in [-0.4, -0.2) is 37.3 Å². The second-order valence-corrected chi connectivity index (χ2v) is 4.88. The van der Waals surface area contributed by atoms with Crippen LogP contribution >= 0.6 is 0 Å². The van der Waals surface area contributed by atoms with E-state index in [1.165, 1.54) is 0 Å². The molecule has 0 aliphatic rings. The van der Waals surface area contributed by atoms with Crippen molar-refractivity contribution in [3.8, 4) is 0 Å². The van der Waals surface area contributed by atoms with Gasteiger partial charge in [-0.3, -0.25) is 9.35 Å². The van der Waals surface area contributed by atoms with E-state index in [1.54, 1.807) is 0 Å². The number of esters is 1. The van der Waals surface area contributed by atoms with E-state index in [-0.39, 0.29) is 12.5 Å². The molecule has 0 rings (SSSR count). The average molecular weight is 225 g/mol. The van der Waals surface area contributed by atoms with Crippen molar-refractivity contribution in [2.75, 3.05) is 12.4 Å². The SMILES string of the molecule is CC(C)COC(=O)[C@@H](N)CS(=O)(=O)O. The number of ether oxygens (including phenoxy) is 1. The van der Waals surface area contributed by atoms with Gasteiger partial charge in [0, 0.05) is 0 Å². The summed E-state index contributed by atoms with van der Waals surface area (Å²) >= 11 is 0. The van der Waals surface area contributed by atoms with Crippen molar-refractivity contribution < 1.29 is 22.5 Å². The first-order valence-electron chi connectivity index (χ1n) is 4.09. The summed E-state index contributed by atoms with van der Waals surface area (Å²) in [6.45, 7) is 3.85. The van der Waals surface area contributed by atoms with Crippen LogP contribution in [0.25, 0.3) is 0 Å². The Morgan fingerprint density at radius 1 is 1.50 bits per heavy atom. The zero-order valence-electron chi connectivity index (χ0n) is 8.13. The molecular formula is C7H15NO5S. The lowest BCUT2D eigenvalue weighted by Gasteiger charge is -2.11. The topological polar surface area (TPSA) is 107 Å². The fourth-order valence-electron chi connectivity index (χ4n) is 0.651. The average Bonchev–Trinajstić information content (AvgIpc) is 1.96. The Bertz CT molecular complexity index is 284. The van der Waals surface area contributed by atoms with Crippen LogP contribution in [0, 0.1) is 5.92 Å². The Morgan fingerprint density at radius 2 is 2.00 bits per heavy atom. The Morgan fingerprint density at radius 3 is 2.36 bits per heavy atom. The molecule has 0 heterocycles. The lowest BCUT2D eigenvalue weighted by atomic mass is 10.2. The minimum atomic E-state index is -4.23. The van der Waals surface area contributed by atoms with E-state index in [1.807, 2.05) is 13.8 Å². The zero-order chi connectivity index (χ0) is 11.4.